The molecule has 114 valence electrons. The van der Waals surface area contributed by atoms with Crippen molar-refractivity contribution in [2.45, 2.75) is 45.6 Å². The van der Waals surface area contributed by atoms with Crippen LogP contribution in [0.5, 0.6) is 0 Å². The van der Waals surface area contributed by atoms with E-state index in [9.17, 15) is 4.79 Å². The summed E-state index contributed by atoms with van der Waals surface area (Å²) in [6.07, 6.45) is 3.50. The number of nitrogens with zero attached hydrogens (tertiary/aromatic N) is 1. The zero-order valence-corrected chi connectivity index (χ0v) is 13.2. The fourth-order valence-corrected chi connectivity index (χ4v) is 3.09. The molecule has 21 heavy (non-hydrogen) atoms. The average molecular weight is 307 g/mol. The lowest BCUT2D eigenvalue weighted by atomic mass is 10.0. The summed E-state index contributed by atoms with van der Waals surface area (Å²) in [7, 11) is 0. The molecule has 6 heteroatoms. The van der Waals surface area contributed by atoms with Crippen molar-refractivity contribution in [3.05, 3.63) is 28.3 Å². The number of hydrogen-bond donors (Lipinski definition) is 2. The summed E-state index contributed by atoms with van der Waals surface area (Å²) in [5.74, 6) is 0.0905. The number of rotatable bonds is 7. The topological polar surface area (TPSA) is 95.1 Å². The molecule has 0 aromatic carbocycles. The van der Waals surface area contributed by atoms with Gasteiger partial charge < -0.3 is 16.0 Å². The highest BCUT2D eigenvalue weighted by atomic mass is 32.1. The van der Waals surface area contributed by atoms with Gasteiger partial charge in [0.2, 0.25) is 0 Å². The highest BCUT2D eigenvalue weighted by Gasteiger charge is 2.22. The summed E-state index contributed by atoms with van der Waals surface area (Å²) < 4.78 is 5.35. The molecule has 5 nitrogen and oxygen atoms in total. The summed E-state index contributed by atoms with van der Waals surface area (Å²) in [4.78, 5) is 13.8. The van der Waals surface area contributed by atoms with E-state index in [4.69, 9.17) is 16.0 Å². The fraction of sp³-hybridized carbons (Fsp3) is 0.467. The van der Waals surface area contributed by atoms with Crippen molar-refractivity contribution in [1.29, 1.82) is 0 Å². The van der Waals surface area contributed by atoms with Crippen molar-refractivity contribution in [1.82, 2.24) is 5.16 Å². The van der Waals surface area contributed by atoms with Gasteiger partial charge in [-0.25, -0.2) is 0 Å². The van der Waals surface area contributed by atoms with Crippen LogP contribution < -0.4 is 11.5 Å². The quantitative estimate of drug-likeness (QED) is 0.769. The van der Waals surface area contributed by atoms with Gasteiger partial charge in [0.05, 0.1) is 4.88 Å². The van der Waals surface area contributed by atoms with Crippen LogP contribution in [-0.4, -0.2) is 17.1 Å². The minimum atomic E-state index is -0.487. The Hall–Kier alpha value is -1.66. The van der Waals surface area contributed by atoms with Crippen LogP contribution in [0.3, 0.4) is 0 Å². The second-order valence-corrected chi connectivity index (χ2v) is 6.61. The summed E-state index contributed by atoms with van der Waals surface area (Å²) in [5.41, 5.74) is 12.2. The first-order valence-electron chi connectivity index (χ1n) is 7.09. The maximum atomic E-state index is 11.7. The van der Waals surface area contributed by atoms with E-state index in [0.29, 0.717) is 23.4 Å². The van der Waals surface area contributed by atoms with Crippen LogP contribution in [0.2, 0.25) is 0 Å². The van der Waals surface area contributed by atoms with Crippen LogP contribution in [0.4, 0.5) is 0 Å². The van der Waals surface area contributed by atoms with Gasteiger partial charge in [0.15, 0.2) is 0 Å². The summed E-state index contributed by atoms with van der Waals surface area (Å²) >= 11 is 1.57. The Morgan fingerprint density at radius 2 is 2.19 bits per heavy atom. The summed E-state index contributed by atoms with van der Waals surface area (Å²) in [6, 6.07) is 4.12. The third-order valence-electron chi connectivity index (χ3n) is 3.30. The average Bonchev–Trinajstić information content (AvgIpc) is 3.00. The van der Waals surface area contributed by atoms with Crippen molar-refractivity contribution in [3.63, 3.8) is 0 Å². The molecule has 0 aliphatic rings. The van der Waals surface area contributed by atoms with Crippen LogP contribution in [0.25, 0.3) is 10.6 Å². The van der Waals surface area contributed by atoms with E-state index < -0.39 is 5.91 Å². The molecular weight excluding hydrogens is 286 g/mol. The number of thiophene rings is 1. The smallest absolute Gasteiger partial charge is 0.254 e. The highest BCUT2D eigenvalue weighted by Crippen LogP contribution is 2.31. The first kappa shape index (κ1) is 15.7. The van der Waals surface area contributed by atoms with Gasteiger partial charge >= 0.3 is 0 Å². The summed E-state index contributed by atoms with van der Waals surface area (Å²) in [6.45, 7) is 3.99. The van der Waals surface area contributed by atoms with E-state index >= 15 is 0 Å². The molecule has 0 saturated heterocycles. The van der Waals surface area contributed by atoms with Crippen molar-refractivity contribution in [2.75, 3.05) is 0 Å². The minimum Gasteiger partial charge on any atom is -0.365 e. The van der Waals surface area contributed by atoms with Gasteiger partial charge in [-0.05, 0) is 38.8 Å². The fourth-order valence-electron chi connectivity index (χ4n) is 2.23. The molecule has 1 amide bonds. The molecule has 1 unspecified atom stereocenters. The molecule has 2 aromatic heterocycles. The molecule has 0 radical (unpaired) electrons. The van der Waals surface area contributed by atoms with Crippen LogP contribution >= 0.6 is 11.3 Å². The molecule has 1 atom stereocenters. The van der Waals surface area contributed by atoms with E-state index in [0.717, 1.165) is 29.0 Å². The lowest BCUT2D eigenvalue weighted by molar-refractivity contribution is 0.0999. The molecule has 2 rings (SSSR count). The summed E-state index contributed by atoms with van der Waals surface area (Å²) in [5, 5.41) is 4.04. The number of amides is 1. The Kier molecular flexibility index (Phi) is 5.14. The Labute approximate surface area is 128 Å². The largest absolute Gasteiger partial charge is 0.365 e. The van der Waals surface area contributed by atoms with Crippen LogP contribution in [0, 0.1) is 6.92 Å². The molecule has 0 saturated carbocycles. The van der Waals surface area contributed by atoms with Crippen molar-refractivity contribution in [3.8, 4) is 10.6 Å². The van der Waals surface area contributed by atoms with Crippen LogP contribution in [-0.2, 0) is 6.42 Å². The first-order valence-corrected chi connectivity index (χ1v) is 7.91. The first-order chi connectivity index (χ1) is 9.99. The van der Waals surface area contributed by atoms with Crippen LogP contribution in [0.1, 0.15) is 47.2 Å². The second-order valence-electron chi connectivity index (χ2n) is 5.33. The van der Waals surface area contributed by atoms with Gasteiger partial charge in [0.25, 0.3) is 5.91 Å². The monoisotopic (exact) mass is 307 g/mol. The second kappa shape index (κ2) is 6.87. The lowest BCUT2D eigenvalue weighted by Gasteiger charge is -2.03. The molecule has 4 N–H and O–H groups in total. The number of unbranched alkanes of at least 4 members (excludes halogenated alkanes) is 1. The normalized spacial score (nSPS) is 12.5. The Bertz CT molecular complexity index is 616. The van der Waals surface area contributed by atoms with E-state index in [-0.39, 0.29) is 6.04 Å². The zero-order valence-electron chi connectivity index (χ0n) is 12.4. The van der Waals surface area contributed by atoms with E-state index in [2.05, 4.69) is 5.16 Å². The minimum absolute atomic E-state index is 0.194. The number of carbonyl (C=O) groups is 1. The molecule has 0 bridgehead atoms. The van der Waals surface area contributed by atoms with Crippen molar-refractivity contribution < 1.29 is 9.32 Å². The molecule has 2 aromatic rings. The van der Waals surface area contributed by atoms with Gasteiger partial charge in [0.1, 0.15) is 17.0 Å². The molecule has 0 fully saturated rings. The van der Waals surface area contributed by atoms with Crippen molar-refractivity contribution in [2.24, 2.45) is 11.5 Å². The molecular formula is C15H21N3O2S. The van der Waals surface area contributed by atoms with Gasteiger partial charge in [0, 0.05) is 17.3 Å². The third kappa shape index (κ3) is 3.92. The van der Waals surface area contributed by atoms with E-state index in [1.54, 1.807) is 11.3 Å². The maximum Gasteiger partial charge on any atom is 0.254 e. The number of aryl methyl sites for hydroxylation is 2. The molecule has 0 aliphatic heterocycles. The highest BCUT2D eigenvalue weighted by molar-refractivity contribution is 7.15. The Morgan fingerprint density at radius 3 is 2.76 bits per heavy atom. The number of aromatic nitrogens is 1. The van der Waals surface area contributed by atoms with Crippen LogP contribution in [0.15, 0.2) is 16.7 Å². The number of nitrogens with two attached hydrogens (primary N) is 2. The maximum absolute atomic E-state index is 11.7. The zero-order chi connectivity index (χ0) is 15.4. The Morgan fingerprint density at radius 1 is 1.43 bits per heavy atom. The predicted octanol–water partition coefficient (Wildman–Crippen LogP) is 2.87. The third-order valence-corrected chi connectivity index (χ3v) is 4.30. The number of primary amides is 1. The molecule has 2 heterocycles. The molecule has 0 aliphatic carbocycles. The van der Waals surface area contributed by atoms with E-state index in [1.807, 2.05) is 26.0 Å². The SMILES string of the molecule is Cc1ccc(-c2noc(CCCCC(C)N)c2C(N)=O)s1. The standard InChI is InChI=1S/C15H21N3O2S/c1-9(16)5-3-4-6-11-13(15(17)19)14(18-20-11)12-8-7-10(2)21-12/h7-9H,3-6,16H2,1-2H3,(H2,17,19). The predicted molar refractivity (Wildman–Crippen MR) is 84.3 cm³/mol. The van der Waals surface area contributed by atoms with Gasteiger partial charge in [-0.3, -0.25) is 4.79 Å². The molecule has 0 spiro atoms. The van der Waals surface area contributed by atoms with Gasteiger partial charge in [-0.1, -0.05) is 11.6 Å². The van der Waals surface area contributed by atoms with E-state index in [1.165, 1.54) is 0 Å². The number of carbonyl (C=O) groups excluding carboxylic acids is 1. The van der Waals surface area contributed by atoms with Gasteiger partial charge in [-0.15, -0.1) is 11.3 Å². The number of hydrogen-bond acceptors (Lipinski definition) is 5. The Balaban J connectivity index is 2.15. The lowest BCUT2D eigenvalue weighted by Crippen LogP contribution is -2.15. The van der Waals surface area contributed by atoms with Crippen molar-refractivity contribution >= 4 is 17.2 Å². The van der Waals surface area contributed by atoms with Gasteiger partial charge in [-0.2, -0.15) is 0 Å².